The van der Waals surface area contributed by atoms with E-state index in [1.807, 2.05) is 30.3 Å². The molecule has 126 valence electrons. The van der Waals surface area contributed by atoms with Crippen molar-refractivity contribution in [2.45, 2.75) is 25.9 Å². The average Bonchev–Trinajstić information content (AvgIpc) is 2.58. The minimum atomic E-state index is -0.464. The number of hydrogen-bond donors (Lipinski definition) is 2. The number of carbonyl (C=O) groups excluding carboxylic acids is 2. The molecule has 1 rings (SSSR count). The van der Waals surface area contributed by atoms with Crippen molar-refractivity contribution < 1.29 is 19.1 Å². The number of unbranched alkanes of at least 4 members (excludes halogenated alkanes) is 1. The summed E-state index contributed by atoms with van der Waals surface area (Å²) in [6, 6.07) is 9.49. The molecule has 1 aromatic rings. The number of benzene rings is 1. The van der Waals surface area contributed by atoms with Crippen LogP contribution in [-0.4, -0.2) is 31.9 Å². The van der Waals surface area contributed by atoms with Gasteiger partial charge in [-0.3, -0.25) is 10.1 Å². The number of carbonyl (C=O) groups is 2. The molecule has 0 saturated heterocycles. The number of rotatable bonds is 11. The highest BCUT2D eigenvalue weighted by atomic mass is 16.5. The van der Waals surface area contributed by atoms with Gasteiger partial charge in [-0.25, -0.2) is 4.79 Å². The van der Waals surface area contributed by atoms with Crippen LogP contribution in [0.5, 0.6) is 0 Å². The van der Waals surface area contributed by atoms with E-state index >= 15 is 0 Å². The van der Waals surface area contributed by atoms with E-state index in [1.165, 1.54) is 0 Å². The van der Waals surface area contributed by atoms with Gasteiger partial charge < -0.3 is 14.8 Å². The summed E-state index contributed by atoms with van der Waals surface area (Å²) in [7, 11) is 0. The average molecular weight is 320 g/mol. The van der Waals surface area contributed by atoms with Gasteiger partial charge in [0.15, 0.2) is 0 Å². The van der Waals surface area contributed by atoms with E-state index < -0.39 is 6.09 Å². The predicted octanol–water partition coefficient (Wildman–Crippen LogP) is 2.36. The minimum Gasteiger partial charge on any atom is -0.461 e. The van der Waals surface area contributed by atoms with Crippen LogP contribution in [0.4, 0.5) is 4.79 Å². The molecule has 0 spiro atoms. The summed E-state index contributed by atoms with van der Waals surface area (Å²) in [6.45, 7) is 5.01. The van der Waals surface area contributed by atoms with Crippen LogP contribution in [0.2, 0.25) is 0 Å². The Balaban J connectivity index is 1.93. The maximum atomic E-state index is 11.5. The van der Waals surface area contributed by atoms with E-state index in [-0.39, 0.29) is 19.2 Å². The highest BCUT2D eigenvalue weighted by Gasteiger charge is 2.02. The molecule has 6 heteroatoms. The number of esters is 1. The van der Waals surface area contributed by atoms with Crippen LogP contribution in [-0.2, 0) is 20.9 Å². The Kier molecular flexibility index (Phi) is 9.95. The van der Waals surface area contributed by atoms with Crippen LogP contribution in [0.1, 0.15) is 24.8 Å². The number of hydrogen-bond acceptors (Lipinski definition) is 5. The molecule has 23 heavy (non-hydrogen) atoms. The van der Waals surface area contributed by atoms with Gasteiger partial charge in [0.25, 0.3) is 0 Å². The molecule has 1 amide bonds. The smallest absolute Gasteiger partial charge is 0.408 e. The van der Waals surface area contributed by atoms with Gasteiger partial charge in [0.1, 0.15) is 13.2 Å². The largest absolute Gasteiger partial charge is 0.461 e. The molecule has 1 aromatic carbocycles. The summed E-state index contributed by atoms with van der Waals surface area (Å²) in [4.78, 5) is 22.7. The number of nitrogens with one attached hydrogen (secondary N) is 2. The summed E-state index contributed by atoms with van der Waals surface area (Å²) in [5.41, 5.74) is 0.943. The van der Waals surface area contributed by atoms with Gasteiger partial charge in [0.2, 0.25) is 0 Å². The first kappa shape index (κ1) is 18.7. The van der Waals surface area contributed by atoms with Crippen LogP contribution < -0.4 is 10.6 Å². The van der Waals surface area contributed by atoms with E-state index in [9.17, 15) is 9.59 Å². The Hall–Kier alpha value is -2.34. The molecule has 0 fully saturated rings. The van der Waals surface area contributed by atoms with Gasteiger partial charge in [-0.05, 0) is 24.9 Å². The van der Waals surface area contributed by atoms with E-state index in [2.05, 4.69) is 17.2 Å². The molecule has 0 aliphatic heterocycles. The second-order valence-electron chi connectivity index (χ2n) is 4.84. The summed E-state index contributed by atoms with van der Waals surface area (Å²) in [6.07, 6.45) is 3.03. The number of alkyl carbamates (subject to hydrolysis) is 1. The van der Waals surface area contributed by atoms with Crippen LogP contribution in [0.25, 0.3) is 0 Å². The molecule has 0 aliphatic carbocycles. The highest BCUT2D eigenvalue weighted by molar-refractivity contribution is 5.69. The summed E-state index contributed by atoms with van der Waals surface area (Å²) < 4.78 is 9.93. The fourth-order valence-electron chi connectivity index (χ4n) is 1.74. The molecule has 0 unspecified atom stereocenters. The lowest BCUT2D eigenvalue weighted by molar-refractivity contribution is -0.142. The molecule has 0 aromatic heterocycles. The molecule has 0 aliphatic rings. The van der Waals surface area contributed by atoms with Crippen molar-refractivity contribution in [3.8, 4) is 0 Å². The molecule has 0 saturated carbocycles. The van der Waals surface area contributed by atoms with Crippen molar-refractivity contribution in [3.63, 3.8) is 0 Å². The van der Waals surface area contributed by atoms with E-state index in [0.717, 1.165) is 18.4 Å². The molecule has 0 heterocycles. The van der Waals surface area contributed by atoms with E-state index in [4.69, 9.17) is 9.47 Å². The molecule has 6 nitrogen and oxygen atoms in total. The first-order chi connectivity index (χ1) is 11.2. The summed E-state index contributed by atoms with van der Waals surface area (Å²) in [5.74, 6) is -0.215. The highest BCUT2D eigenvalue weighted by Crippen LogP contribution is 2.00. The molecule has 0 atom stereocenters. The lowest BCUT2D eigenvalue weighted by Gasteiger charge is -2.08. The van der Waals surface area contributed by atoms with Crippen LogP contribution in [0.3, 0.4) is 0 Å². The zero-order valence-electron chi connectivity index (χ0n) is 13.3. The Labute approximate surface area is 136 Å². The first-order valence-corrected chi connectivity index (χ1v) is 7.64. The second-order valence-corrected chi connectivity index (χ2v) is 4.84. The zero-order valence-corrected chi connectivity index (χ0v) is 13.3. The third kappa shape index (κ3) is 10.1. The monoisotopic (exact) mass is 320 g/mol. The Morgan fingerprint density at radius 3 is 2.65 bits per heavy atom. The Morgan fingerprint density at radius 2 is 1.91 bits per heavy atom. The van der Waals surface area contributed by atoms with Crippen LogP contribution >= 0.6 is 0 Å². The van der Waals surface area contributed by atoms with E-state index in [1.54, 1.807) is 6.08 Å². The maximum absolute atomic E-state index is 11.5. The molecule has 0 bridgehead atoms. The third-order valence-electron chi connectivity index (χ3n) is 2.92. The molecule has 0 radical (unpaired) electrons. The van der Waals surface area contributed by atoms with Gasteiger partial charge in [-0.15, -0.1) is 0 Å². The topological polar surface area (TPSA) is 76.7 Å². The summed E-state index contributed by atoms with van der Waals surface area (Å²) >= 11 is 0. The van der Waals surface area contributed by atoms with E-state index in [0.29, 0.717) is 19.6 Å². The van der Waals surface area contributed by atoms with Crippen molar-refractivity contribution in [2.75, 3.05) is 19.8 Å². The summed E-state index contributed by atoms with van der Waals surface area (Å²) in [5, 5.41) is 5.66. The number of ether oxygens (including phenoxy) is 2. The van der Waals surface area contributed by atoms with Crippen LogP contribution in [0.15, 0.2) is 43.0 Å². The van der Waals surface area contributed by atoms with Gasteiger partial charge in [0.05, 0.1) is 6.67 Å². The zero-order chi connectivity index (χ0) is 16.8. The quantitative estimate of drug-likeness (QED) is 0.283. The molecular formula is C17H24N2O4. The fraction of sp³-hybridized carbons (Fsp3) is 0.412. The van der Waals surface area contributed by atoms with Gasteiger partial charge in [-0.2, -0.15) is 0 Å². The first-order valence-electron chi connectivity index (χ1n) is 7.64. The van der Waals surface area contributed by atoms with Gasteiger partial charge >= 0.3 is 12.1 Å². The minimum absolute atomic E-state index is 0.215. The van der Waals surface area contributed by atoms with Crippen LogP contribution in [0, 0.1) is 0 Å². The lowest BCUT2D eigenvalue weighted by Crippen LogP contribution is -2.34. The van der Waals surface area contributed by atoms with Crippen molar-refractivity contribution in [3.05, 3.63) is 48.6 Å². The molecular weight excluding hydrogens is 296 g/mol. The van der Waals surface area contributed by atoms with Crippen molar-refractivity contribution in [2.24, 2.45) is 0 Å². The standard InChI is InChI=1S/C17H24N2O4/c1-2-12-22-16(20)10-6-7-11-18-14-19-17(21)23-13-15-8-4-3-5-9-15/h2-5,8-9,18H,1,6-7,10-14H2,(H,19,21). The van der Waals surface area contributed by atoms with Crippen molar-refractivity contribution >= 4 is 12.1 Å². The van der Waals surface area contributed by atoms with Gasteiger partial charge in [-0.1, -0.05) is 43.0 Å². The van der Waals surface area contributed by atoms with Crippen molar-refractivity contribution in [1.29, 1.82) is 0 Å². The van der Waals surface area contributed by atoms with Gasteiger partial charge in [0, 0.05) is 6.42 Å². The predicted molar refractivity (Wildman–Crippen MR) is 87.6 cm³/mol. The maximum Gasteiger partial charge on any atom is 0.408 e. The number of amides is 1. The Bertz CT molecular complexity index is 477. The normalized spacial score (nSPS) is 9.91. The Morgan fingerprint density at radius 1 is 1.13 bits per heavy atom. The SMILES string of the molecule is C=CCOC(=O)CCCCNCNC(=O)OCc1ccccc1. The fourth-order valence-corrected chi connectivity index (χ4v) is 1.74. The third-order valence-corrected chi connectivity index (χ3v) is 2.92. The van der Waals surface area contributed by atoms with Crippen molar-refractivity contribution in [1.82, 2.24) is 10.6 Å². The lowest BCUT2D eigenvalue weighted by atomic mass is 10.2. The second kappa shape index (κ2) is 12.2. The molecule has 2 N–H and O–H groups in total.